The van der Waals surface area contributed by atoms with E-state index >= 15 is 0 Å². The highest BCUT2D eigenvalue weighted by Crippen LogP contribution is 2.37. The minimum atomic E-state index is -0.936. The largest absolute Gasteiger partial charge is 0.331 e. The quantitative estimate of drug-likeness (QED) is 0.169. The van der Waals surface area contributed by atoms with Crippen LogP contribution in [0.15, 0.2) is 67.5 Å². The Hall–Kier alpha value is -3.95. The van der Waals surface area contributed by atoms with Crippen LogP contribution in [0, 0.1) is 12.8 Å². The molecule has 5 aromatic rings. The highest BCUT2D eigenvalue weighted by molar-refractivity contribution is 6.36. The average Bonchev–Trinajstić information content (AvgIpc) is 3.83. The molecule has 1 fully saturated rings. The van der Waals surface area contributed by atoms with Crippen molar-refractivity contribution in [2.45, 2.75) is 64.7 Å². The summed E-state index contributed by atoms with van der Waals surface area (Å²) in [5.74, 6) is 1.42. The molecule has 7 rings (SSSR count). The number of anilines is 1. The molecule has 45 heavy (non-hydrogen) atoms. The third kappa shape index (κ3) is 6.03. The van der Waals surface area contributed by atoms with Gasteiger partial charge in [-0.05, 0) is 86.5 Å². The van der Waals surface area contributed by atoms with E-state index < -0.39 is 12.2 Å². The maximum Gasteiger partial charge on any atom is 0.204 e. The standard InChI is InChI=1S/C35H40ClFN8/c1-22-10-15-43(16-11-22)14-4-5-25-6-8-26(9-7-25)28-18-30(36)29-20-45(42-32(29)23(28)2)34(24(3)41-35-38-12-13-39-35)33-31-17-27(37)19-44(31)21-40-33/h6-9,12-13,18,20-22,27,34H,3-5,10-11,14-17,19H2,1-2H3,(H2,38,39,41)/t27-,34?/m1/s1. The monoisotopic (exact) mass is 626 g/mol. The van der Waals surface area contributed by atoms with Gasteiger partial charge in [0.25, 0.3) is 0 Å². The number of rotatable bonds is 10. The highest BCUT2D eigenvalue weighted by atomic mass is 35.5. The molecule has 8 nitrogen and oxygen atoms in total. The van der Waals surface area contributed by atoms with Gasteiger partial charge in [0.2, 0.25) is 5.95 Å². The molecule has 2 atom stereocenters. The average molecular weight is 627 g/mol. The van der Waals surface area contributed by atoms with Crippen LogP contribution in [0.5, 0.6) is 0 Å². The number of halogens is 2. The molecule has 0 aliphatic carbocycles. The fourth-order valence-electron chi connectivity index (χ4n) is 6.88. The third-order valence-corrected chi connectivity index (χ3v) is 9.83. The molecule has 2 aromatic carbocycles. The summed E-state index contributed by atoms with van der Waals surface area (Å²) in [4.78, 5) is 14.7. The normalized spacial score (nSPS) is 18.0. The molecule has 234 valence electrons. The Kier molecular flexibility index (Phi) is 8.23. The number of alkyl halides is 1. The van der Waals surface area contributed by atoms with Gasteiger partial charge in [-0.2, -0.15) is 5.10 Å². The zero-order valence-electron chi connectivity index (χ0n) is 25.9. The van der Waals surface area contributed by atoms with E-state index in [-0.39, 0.29) is 0 Å². The maximum absolute atomic E-state index is 14.4. The Morgan fingerprint density at radius 2 is 2.00 bits per heavy atom. The topological polar surface area (TPSA) is 79.6 Å². The minimum Gasteiger partial charge on any atom is -0.331 e. The Bertz CT molecular complexity index is 1800. The minimum absolute atomic E-state index is 0.304. The second kappa shape index (κ2) is 12.4. The van der Waals surface area contributed by atoms with E-state index in [4.69, 9.17) is 21.7 Å². The number of fused-ring (bicyclic) bond motifs is 2. The van der Waals surface area contributed by atoms with Gasteiger partial charge in [-0.25, -0.2) is 14.4 Å². The van der Waals surface area contributed by atoms with E-state index in [1.54, 1.807) is 18.7 Å². The zero-order valence-corrected chi connectivity index (χ0v) is 26.7. The number of aromatic amines is 1. The molecule has 2 aliphatic heterocycles. The van der Waals surface area contributed by atoms with Crippen LogP contribution in [0.2, 0.25) is 5.02 Å². The number of likely N-dealkylation sites (tertiary alicyclic amines) is 1. The molecule has 1 unspecified atom stereocenters. The van der Waals surface area contributed by atoms with E-state index in [0.29, 0.717) is 35.3 Å². The van der Waals surface area contributed by atoms with Crippen LogP contribution < -0.4 is 5.32 Å². The van der Waals surface area contributed by atoms with Crippen molar-refractivity contribution < 1.29 is 4.39 Å². The molecule has 2 N–H and O–H groups in total. The number of hydrogen-bond acceptors (Lipinski definition) is 5. The summed E-state index contributed by atoms with van der Waals surface area (Å²) in [6.07, 6.45) is 11.3. The molecular formula is C35H40ClFN8. The molecule has 0 bridgehead atoms. The first-order valence-electron chi connectivity index (χ1n) is 16.0. The van der Waals surface area contributed by atoms with Gasteiger partial charge in [-0.1, -0.05) is 49.4 Å². The van der Waals surface area contributed by atoms with E-state index in [2.05, 4.69) is 64.9 Å². The van der Waals surface area contributed by atoms with E-state index in [1.807, 2.05) is 21.5 Å². The fourth-order valence-corrected chi connectivity index (χ4v) is 7.13. The first-order valence-corrected chi connectivity index (χ1v) is 16.3. The molecule has 0 spiro atoms. The Morgan fingerprint density at radius 3 is 2.76 bits per heavy atom. The lowest BCUT2D eigenvalue weighted by molar-refractivity contribution is 0.191. The number of piperidine rings is 1. The molecular weight excluding hydrogens is 587 g/mol. The number of benzene rings is 2. The van der Waals surface area contributed by atoms with E-state index in [1.165, 1.54) is 44.5 Å². The van der Waals surface area contributed by atoms with Crippen LogP contribution in [-0.2, 0) is 19.4 Å². The lowest BCUT2D eigenvalue weighted by Gasteiger charge is -2.30. The van der Waals surface area contributed by atoms with E-state index in [9.17, 15) is 4.39 Å². The van der Waals surface area contributed by atoms with Gasteiger partial charge >= 0.3 is 0 Å². The summed E-state index contributed by atoms with van der Waals surface area (Å²) >= 11 is 6.94. The number of hydrogen-bond donors (Lipinski definition) is 2. The van der Waals surface area contributed by atoms with Crippen LogP contribution in [0.3, 0.4) is 0 Å². The van der Waals surface area contributed by atoms with Gasteiger partial charge < -0.3 is 19.8 Å². The van der Waals surface area contributed by atoms with Crippen LogP contribution in [0.1, 0.15) is 54.7 Å². The van der Waals surface area contributed by atoms with Crippen LogP contribution >= 0.6 is 11.6 Å². The van der Waals surface area contributed by atoms with Crippen molar-refractivity contribution >= 4 is 28.5 Å². The predicted molar refractivity (Wildman–Crippen MR) is 178 cm³/mol. The number of nitrogens with one attached hydrogen (secondary N) is 2. The molecule has 0 amide bonds. The molecule has 1 saturated heterocycles. The number of nitrogens with zero attached hydrogens (tertiary/aromatic N) is 6. The first-order chi connectivity index (χ1) is 21.8. The number of aryl methyl sites for hydroxylation is 2. The molecule has 2 aliphatic rings. The SMILES string of the molecule is C=C(Nc1ncc[nH]1)C(c1ncn2c1C[C@@H](F)C2)n1cc2c(Cl)cc(-c3ccc(CCCN4CCC(C)CC4)cc3)c(C)c2n1. The molecule has 10 heteroatoms. The lowest BCUT2D eigenvalue weighted by atomic mass is 9.96. The van der Waals surface area contributed by atoms with Gasteiger partial charge in [-0.3, -0.25) is 4.68 Å². The number of H-pyrrole nitrogens is 1. The first kappa shape index (κ1) is 29.7. The van der Waals surface area contributed by atoms with Gasteiger partial charge in [0, 0.05) is 41.8 Å². The van der Waals surface area contributed by atoms with Gasteiger partial charge in [0.15, 0.2) is 0 Å². The summed E-state index contributed by atoms with van der Waals surface area (Å²) in [5.41, 5.74) is 7.55. The second-order valence-electron chi connectivity index (χ2n) is 12.7. The highest BCUT2D eigenvalue weighted by Gasteiger charge is 2.32. The van der Waals surface area contributed by atoms with Crippen molar-refractivity contribution in [1.82, 2.24) is 34.2 Å². The zero-order chi connectivity index (χ0) is 31.1. The third-order valence-electron chi connectivity index (χ3n) is 9.52. The second-order valence-corrected chi connectivity index (χ2v) is 13.2. The van der Waals surface area contributed by atoms with Gasteiger partial charge in [0.05, 0.1) is 29.1 Å². The van der Waals surface area contributed by atoms with Gasteiger partial charge in [0.1, 0.15) is 12.2 Å². The summed E-state index contributed by atoms with van der Waals surface area (Å²) in [6, 6.07) is 10.4. The summed E-state index contributed by atoms with van der Waals surface area (Å²) in [6.45, 7) is 12.7. The number of aromatic nitrogens is 6. The molecule has 0 radical (unpaired) electrons. The van der Waals surface area contributed by atoms with Crippen molar-refractivity contribution in [3.05, 3.63) is 95.1 Å². The predicted octanol–water partition coefficient (Wildman–Crippen LogP) is 7.36. The molecule has 3 aromatic heterocycles. The fraction of sp³-hybridized carbons (Fsp3) is 0.400. The summed E-state index contributed by atoms with van der Waals surface area (Å²) in [7, 11) is 0. The molecule has 0 saturated carbocycles. The maximum atomic E-state index is 14.4. The Labute approximate surface area is 268 Å². The number of allylic oxidation sites excluding steroid dienone is 1. The van der Waals surface area contributed by atoms with Crippen molar-refractivity contribution in [3.8, 4) is 11.1 Å². The van der Waals surface area contributed by atoms with E-state index in [0.717, 1.165) is 45.6 Å². The van der Waals surface area contributed by atoms with Crippen LogP contribution in [0.4, 0.5) is 10.3 Å². The van der Waals surface area contributed by atoms with Crippen molar-refractivity contribution in [2.75, 3.05) is 25.0 Å². The smallest absolute Gasteiger partial charge is 0.204 e. The Balaban J connectivity index is 1.16. The Morgan fingerprint density at radius 1 is 1.20 bits per heavy atom. The van der Waals surface area contributed by atoms with Crippen molar-refractivity contribution in [3.63, 3.8) is 0 Å². The van der Waals surface area contributed by atoms with Crippen LogP contribution in [0.25, 0.3) is 22.0 Å². The van der Waals surface area contributed by atoms with Crippen molar-refractivity contribution in [1.29, 1.82) is 0 Å². The number of imidazole rings is 2. The van der Waals surface area contributed by atoms with Crippen molar-refractivity contribution in [2.24, 2.45) is 5.92 Å². The summed E-state index contributed by atoms with van der Waals surface area (Å²) in [5, 5.41) is 9.80. The lowest BCUT2D eigenvalue weighted by Crippen LogP contribution is -2.33. The summed E-state index contributed by atoms with van der Waals surface area (Å²) < 4.78 is 18.1. The van der Waals surface area contributed by atoms with Crippen LogP contribution in [-0.4, -0.2) is 60.0 Å². The molecule has 5 heterocycles. The van der Waals surface area contributed by atoms with Gasteiger partial charge in [-0.15, -0.1) is 0 Å².